The summed E-state index contributed by atoms with van der Waals surface area (Å²) >= 11 is 0. The summed E-state index contributed by atoms with van der Waals surface area (Å²) in [5.41, 5.74) is 0. The van der Waals surface area contributed by atoms with E-state index in [0.29, 0.717) is 23.5 Å². The maximum atomic E-state index is 11.3. The molecule has 0 aromatic rings. The quantitative estimate of drug-likeness (QED) is 0.567. The summed E-state index contributed by atoms with van der Waals surface area (Å²) in [6, 6.07) is 0. The number of hydrogen-bond acceptors (Lipinski definition) is 1. The van der Waals surface area contributed by atoms with Crippen LogP contribution >= 0.6 is 0 Å². The molecule has 1 aliphatic rings. The van der Waals surface area contributed by atoms with Crippen molar-refractivity contribution in [1.29, 1.82) is 0 Å². The van der Waals surface area contributed by atoms with Crippen LogP contribution in [0.4, 0.5) is 0 Å². The lowest BCUT2D eigenvalue weighted by Crippen LogP contribution is -2.25. The van der Waals surface area contributed by atoms with E-state index in [1.807, 2.05) is 0 Å². The van der Waals surface area contributed by atoms with Crippen LogP contribution in [0.25, 0.3) is 0 Å². The van der Waals surface area contributed by atoms with Crippen LogP contribution in [0.3, 0.4) is 0 Å². The third-order valence-corrected chi connectivity index (χ3v) is 2.93. The number of carbonyl (C=O) groups excluding carboxylic acids is 1. The average Bonchev–Trinajstić information content (AvgIpc) is 1.94. The molecule has 0 spiro atoms. The van der Waals surface area contributed by atoms with Gasteiger partial charge in [-0.3, -0.25) is 4.79 Å². The molecule has 0 aliphatic heterocycles. The topological polar surface area (TPSA) is 17.1 Å². The van der Waals surface area contributed by atoms with E-state index in [4.69, 9.17) is 0 Å². The predicted octanol–water partition coefficient (Wildman–Crippen LogP) is 2.65. The summed E-state index contributed by atoms with van der Waals surface area (Å²) in [6.07, 6.45) is 3.20. The highest BCUT2D eigenvalue weighted by molar-refractivity contribution is 5.81. The second kappa shape index (κ2) is 3.38. The third-order valence-electron chi connectivity index (χ3n) is 2.93. The second-order valence-corrected chi connectivity index (χ2v) is 4.15. The van der Waals surface area contributed by atoms with E-state index in [0.717, 1.165) is 12.8 Å². The Morgan fingerprint density at radius 1 is 1.36 bits per heavy atom. The van der Waals surface area contributed by atoms with Crippen LogP contribution in [0.2, 0.25) is 0 Å². The Morgan fingerprint density at radius 2 is 2.00 bits per heavy atom. The first-order valence-corrected chi connectivity index (χ1v) is 4.64. The van der Waals surface area contributed by atoms with Crippen LogP contribution in [-0.4, -0.2) is 5.78 Å². The van der Waals surface area contributed by atoms with Gasteiger partial charge in [-0.15, -0.1) is 0 Å². The van der Waals surface area contributed by atoms with Crippen LogP contribution in [0, 0.1) is 17.8 Å². The van der Waals surface area contributed by atoms with Crippen molar-refractivity contribution in [1.82, 2.24) is 0 Å². The third kappa shape index (κ3) is 2.05. The fourth-order valence-corrected chi connectivity index (χ4v) is 1.76. The van der Waals surface area contributed by atoms with Gasteiger partial charge < -0.3 is 0 Å². The standard InChI is InChI=1S/C10H18O/c1-7(2)9-5-4-8(3)10(11)6-9/h7-9H,4-6H2,1-3H3/t8?,9-/m1/s1. The minimum atomic E-state index is 0.338. The summed E-state index contributed by atoms with van der Waals surface area (Å²) in [7, 11) is 0. The Balaban J connectivity index is 2.46. The van der Waals surface area contributed by atoms with Crippen LogP contribution in [0.1, 0.15) is 40.0 Å². The monoisotopic (exact) mass is 154 g/mol. The Kier molecular flexibility index (Phi) is 2.69. The van der Waals surface area contributed by atoms with Gasteiger partial charge in [-0.1, -0.05) is 20.8 Å². The van der Waals surface area contributed by atoms with Crippen molar-refractivity contribution < 1.29 is 4.79 Å². The molecular formula is C10H18O. The lowest BCUT2D eigenvalue weighted by atomic mass is 9.77. The van der Waals surface area contributed by atoms with E-state index in [2.05, 4.69) is 20.8 Å². The lowest BCUT2D eigenvalue weighted by Gasteiger charge is -2.27. The number of Topliss-reactive ketones (excluding diaryl/α,β-unsaturated/α-hetero) is 1. The highest BCUT2D eigenvalue weighted by Crippen LogP contribution is 2.30. The summed E-state index contributed by atoms with van der Waals surface area (Å²) < 4.78 is 0. The minimum Gasteiger partial charge on any atom is -0.299 e. The fourth-order valence-electron chi connectivity index (χ4n) is 1.76. The van der Waals surface area contributed by atoms with Gasteiger partial charge in [-0.2, -0.15) is 0 Å². The van der Waals surface area contributed by atoms with Gasteiger partial charge in [0.2, 0.25) is 0 Å². The van der Waals surface area contributed by atoms with Crippen molar-refractivity contribution in [2.45, 2.75) is 40.0 Å². The van der Waals surface area contributed by atoms with E-state index in [-0.39, 0.29) is 0 Å². The number of carbonyl (C=O) groups is 1. The van der Waals surface area contributed by atoms with Crippen molar-refractivity contribution in [3.63, 3.8) is 0 Å². The smallest absolute Gasteiger partial charge is 0.135 e. The molecule has 64 valence electrons. The van der Waals surface area contributed by atoms with Crippen LogP contribution in [-0.2, 0) is 4.79 Å². The summed E-state index contributed by atoms with van der Waals surface area (Å²) in [5.74, 6) is 2.17. The van der Waals surface area contributed by atoms with Gasteiger partial charge in [0, 0.05) is 12.3 Å². The molecule has 1 fully saturated rings. The highest BCUT2D eigenvalue weighted by Gasteiger charge is 2.26. The first-order valence-electron chi connectivity index (χ1n) is 4.64. The number of ketones is 1. The Labute approximate surface area is 69.2 Å². The van der Waals surface area contributed by atoms with Crippen LogP contribution in [0.15, 0.2) is 0 Å². The lowest BCUT2D eigenvalue weighted by molar-refractivity contribution is -0.125. The Morgan fingerprint density at radius 3 is 2.45 bits per heavy atom. The van der Waals surface area contributed by atoms with Crippen LogP contribution in [0.5, 0.6) is 0 Å². The maximum absolute atomic E-state index is 11.3. The molecule has 0 radical (unpaired) electrons. The molecule has 2 atom stereocenters. The van der Waals surface area contributed by atoms with Gasteiger partial charge in [0.05, 0.1) is 0 Å². The zero-order chi connectivity index (χ0) is 8.43. The maximum Gasteiger partial charge on any atom is 0.135 e. The SMILES string of the molecule is CC1CC[C@@H](C(C)C)CC1=O. The molecule has 1 unspecified atom stereocenters. The van der Waals surface area contributed by atoms with Gasteiger partial charge >= 0.3 is 0 Å². The molecule has 0 saturated heterocycles. The van der Waals surface area contributed by atoms with Crippen LogP contribution < -0.4 is 0 Å². The van der Waals surface area contributed by atoms with Crippen molar-refractivity contribution in [3.05, 3.63) is 0 Å². The molecule has 0 aromatic carbocycles. The molecule has 11 heavy (non-hydrogen) atoms. The van der Waals surface area contributed by atoms with Crippen molar-refractivity contribution in [2.75, 3.05) is 0 Å². The van der Waals surface area contributed by atoms with E-state index < -0.39 is 0 Å². The van der Waals surface area contributed by atoms with E-state index in [1.54, 1.807) is 0 Å². The van der Waals surface area contributed by atoms with E-state index >= 15 is 0 Å². The van der Waals surface area contributed by atoms with Gasteiger partial charge in [0.25, 0.3) is 0 Å². The molecular weight excluding hydrogens is 136 g/mol. The summed E-state index contributed by atoms with van der Waals surface area (Å²) in [5, 5.41) is 0. The second-order valence-electron chi connectivity index (χ2n) is 4.15. The van der Waals surface area contributed by atoms with Gasteiger partial charge in [0.15, 0.2) is 0 Å². The van der Waals surface area contributed by atoms with Crippen molar-refractivity contribution in [3.8, 4) is 0 Å². The summed E-state index contributed by atoms with van der Waals surface area (Å²) in [4.78, 5) is 11.3. The van der Waals surface area contributed by atoms with E-state index in [9.17, 15) is 4.79 Å². The fraction of sp³-hybridized carbons (Fsp3) is 0.900. The number of rotatable bonds is 1. The normalized spacial score (nSPS) is 32.9. The average molecular weight is 154 g/mol. The zero-order valence-electron chi connectivity index (χ0n) is 7.76. The van der Waals surface area contributed by atoms with Crippen molar-refractivity contribution >= 4 is 5.78 Å². The molecule has 1 saturated carbocycles. The molecule has 1 rings (SSSR count). The molecule has 1 aliphatic carbocycles. The van der Waals surface area contributed by atoms with Gasteiger partial charge in [-0.05, 0) is 24.7 Å². The highest BCUT2D eigenvalue weighted by atomic mass is 16.1. The largest absolute Gasteiger partial charge is 0.299 e. The zero-order valence-corrected chi connectivity index (χ0v) is 7.76. The summed E-state index contributed by atoms with van der Waals surface area (Å²) in [6.45, 7) is 6.49. The number of hydrogen-bond donors (Lipinski definition) is 0. The first-order chi connectivity index (χ1) is 5.11. The Hall–Kier alpha value is -0.330. The first kappa shape index (κ1) is 8.76. The van der Waals surface area contributed by atoms with Gasteiger partial charge in [0.1, 0.15) is 5.78 Å². The van der Waals surface area contributed by atoms with Gasteiger partial charge in [-0.25, -0.2) is 0 Å². The molecule has 0 bridgehead atoms. The van der Waals surface area contributed by atoms with Crippen molar-refractivity contribution in [2.24, 2.45) is 17.8 Å². The molecule has 0 amide bonds. The minimum absolute atomic E-state index is 0.338. The molecule has 0 N–H and O–H groups in total. The predicted molar refractivity (Wildman–Crippen MR) is 46.4 cm³/mol. The van der Waals surface area contributed by atoms with E-state index in [1.165, 1.54) is 6.42 Å². The molecule has 1 heteroatoms. The molecule has 1 nitrogen and oxygen atoms in total. The molecule has 0 heterocycles. The molecule has 0 aromatic heterocycles. The Bertz CT molecular complexity index is 149.